The van der Waals surface area contributed by atoms with Crippen molar-refractivity contribution in [1.82, 2.24) is 15.1 Å². The highest BCUT2D eigenvalue weighted by atomic mass is 15.3. The number of rotatable bonds is 2. The maximum atomic E-state index is 4.58. The van der Waals surface area contributed by atoms with E-state index < -0.39 is 0 Å². The Labute approximate surface area is 91.9 Å². The molecule has 0 aromatic carbocycles. The molecule has 1 saturated carbocycles. The lowest BCUT2D eigenvalue weighted by Crippen LogP contribution is -2.31. The molecule has 0 unspecified atom stereocenters. The molecule has 15 heavy (non-hydrogen) atoms. The number of aryl methyl sites for hydroxylation is 2. The molecule has 1 heterocycles. The summed E-state index contributed by atoms with van der Waals surface area (Å²) in [6.45, 7) is 4.23. The predicted molar refractivity (Wildman–Crippen MR) is 62.1 cm³/mol. The standard InChI is InChI=1S/C12H21N3/c1-9-8-10(2)15(14-9)12-6-4-11(13-3)5-7-12/h8,11-13H,4-7H2,1-3H3. The number of nitrogens with one attached hydrogen (secondary N) is 1. The predicted octanol–water partition coefficient (Wildman–Crippen LogP) is 2.20. The summed E-state index contributed by atoms with van der Waals surface area (Å²) >= 11 is 0. The minimum atomic E-state index is 0.628. The number of aromatic nitrogens is 2. The van der Waals surface area contributed by atoms with E-state index in [1.54, 1.807) is 0 Å². The second kappa shape index (κ2) is 4.35. The third-order valence-electron chi connectivity index (χ3n) is 3.50. The minimum absolute atomic E-state index is 0.628. The van der Waals surface area contributed by atoms with Gasteiger partial charge in [-0.25, -0.2) is 0 Å². The topological polar surface area (TPSA) is 29.9 Å². The molecule has 84 valence electrons. The van der Waals surface area contributed by atoms with Crippen molar-refractivity contribution in [1.29, 1.82) is 0 Å². The van der Waals surface area contributed by atoms with Crippen LogP contribution in [0, 0.1) is 13.8 Å². The SMILES string of the molecule is CNC1CCC(n2nc(C)cc2C)CC1. The lowest BCUT2D eigenvalue weighted by Gasteiger charge is -2.29. The Kier molecular flexibility index (Phi) is 3.10. The Morgan fingerprint density at radius 3 is 2.40 bits per heavy atom. The molecule has 0 amide bonds. The summed E-state index contributed by atoms with van der Waals surface area (Å²) < 4.78 is 2.22. The first-order chi connectivity index (χ1) is 7.20. The first-order valence-electron chi connectivity index (χ1n) is 5.90. The largest absolute Gasteiger partial charge is 0.317 e. The van der Waals surface area contributed by atoms with Crippen LogP contribution in [0.5, 0.6) is 0 Å². The monoisotopic (exact) mass is 207 g/mol. The van der Waals surface area contributed by atoms with Crippen molar-refractivity contribution in [2.45, 2.75) is 51.6 Å². The summed E-state index contributed by atoms with van der Waals surface area (Å²) in [5, 5.41) is 7.95. The molecule has 1 N–H and O–H groups in total. The molecule has 1 aromatic rings. The third kappa shape index (κ3) is 2.23. The van der Waals surface area contributed by atoms with Crippen molar-refractivity contribution in [3.8, 4) is 0 Å². The maximum Gasteiger partial charge on any atom is 0.0596 e. The fourth-order valence-electron chi connectivity index (χ4n) is 2.62. The first-order valence-corrected chi connectivity index (χ1v) is 5.90. The van der Waals surface area contributed by atoms with E-state index in [4.69, 9.17) is 0 Å². The molecule has 3 nitrogen and oxygen atoms in total. The van der Waals surface area contributed by atoms with Crippen LogP contribution in [0.4, 0.5) is 0 Å². The van der Waals surface area contributed by atoms with Gasteiger partial charge in [0.25, 0.3) is 0 Å². The van der Waals surface area contributed by atoms with Crippen LogP contribution >= 0.6 is 0 Å². The van der Waals surface area contributed by atoms with Crippen molar-refractivity contribution >= 4 is 0 Å². The number of hydrogen-bond acceptors (Lipinski definition) is 2. The molecule has 2 rings (SSSR count). The average Bonchev–Trinajstić information content (AvgIpc) is 2.58. The molecule has 1 aliphatic rings. The molecule has 1 fully saturated rings. The van der Waals surface area contributed by atoms with Gasteiger partial charge in [-0.15, -0.1) is 0 Å². The zero-order chi connectivity index (χ0) is 10.8. The van der Waals surface area contributed by atoms with Crippen molar-refractivity contribution in [3.05, 3.63) is 17.5 Å². The van der Waals surface area contributed by atoms with Crippen LogP contribution in [0.3, 0.4) is 0 Å². The summed E-state index contributed by atoms with van der Waals surface area (Å²) in [7, 11) is 2.06. The van der Waals surface area contributed by atoms with Gasteiger partial charge in [-0.1, -0.05) is 0 Å². The van der Waals surface area contributed by atoms with E-state index in [-0.39, 0.29) is 0 Å². The fourth-order valence-corrected chi connectivity index (χ4v) is 2.62. The summed E-state index contributed by atoms with van der Waals surface area (Å²) in [6, 6.07) is 3.52. The lowest BCUT2D eigenvalue weighted by atomic mass is 9.91. The highest BCUT2D eigenvalue weighted by molar-refractivity contribution is 5.08. The second-order valence-electron chi connectivity index (χ2n) is 4.67. The highest BCUT2D eigenvalue weighted by Gasteiger charge is 2.22. The van der Waals surface area contributed by atoms with Crippen molar-refractivity contribution in [3.63, 3.8) is 0 Å². The molecule has 0 aliphatic heterocycles. The van der Waals surface area contributed by atoms with E-state index in [2.05, 4.69) is 42.1 Å². The Morgan fingerprint density at radius 2 is 1.93 bits per heavy atom. The molecule has 0 radical (unpaired) electrons. The maximum absolute atomic E-state index is 4.58. The molecular weight excluding hydrogens is 186 g/mol. The molecule has 0 bridgehead atoms. The van der Waals surface area contributed by atoms with Crippen molar-refractivity contribution in [2.24, 2.45) is 0 Å². The van der Waals surface area contributed by atoms with Gasteiger partial charge < -0.3 is 5.32 Å². The van der Waals surface area contributed by atoms with Crippen LogP contribution < -0.4 is 5.32 Å². The minimum Gasteiger partial charge on any atom is -0.317 e. The lowest BCUT2D eigenvalue weighted by molar-refractivity contribution is 0.281. The fraction of sp³-hybridized carbons (Fsp3) is 0.750. The third-order valence-corrected chi connectivity index (χ3v) is 3.50. The molecule has 0 spiro atoms. The van der Waals surface area contributed by atoms with Gasteiger partial charge in [0.05, 0.1) is 11.7 Å². The first kappa shape index (κ1) is 10.7. The van der Waals surface area contributed by atoms with Gasteiger partial charge in [0.2, 0.25) is 0 Å². The Morgan fingerprint density at radius 1 is 1.27 bits per heavy atom. The van der Waals surface area contributed by atoms with Crippen LogP contribution in [-0.4, -0.2) is 22.9 Å². The van der Waals surface area contributed by atoms with E-state index in [1.165, 1.54) is 31.4 Å². The highest BCUT2D eigenvalue weighted by Crippen LogP contribution is 2.28. The molecule has 1 aromatic heterocycles. The summed E-state index contributed by atoms with van der Waals surface area (Å²) in [4.78, 5) is 0. The van der Waals surface area contributed by atoms with Crippen LogP contribution in [0.15, 0.2) is 6.07 Å². The van der Waals surface area contributed by atoms with E-state index in [9.17, 15) is 0 Å². The Bertz CT molecular complexity index is 322. The number of nitrogens with zero attached hydrogens (tertiary/aromatic N) is 2. The summed E-state index contributed by atoms with van der Waals surface area (Å²) in [6.07, 6.45) is 5.07. The van der Waals surface area contributed by atoms with E-state index >= 15 is 0 Å². The average molecular weight is 207 g/mol. The Balaban J connectivity index is 2.04. The molecular formula is C12H21N3. The van der Waals surface area contributed by atoms with Gasteiger partial charge in [-0.3, -0.25) is 4.68 Å². The zero-order valence-corrected chi connectivity index (χ0v) is 9.95. The van der Waals surface area contributed by atoms with Gasteiger partial charge in [-0.05, 0) is 52.6 Å². The van der Waals surface area contributed by atoms with Gasteiger partial charge in [-0.2, -0.15) is 5.10 Å². The Hall–Kier alpha value is -0.830. The number of hydrogen-bond donors (Lipinski definition) is 1. The zero-order valence-electron chi connectivity index (χ0n) is 9.95. The molecule has 0 saturated heterocycles. The quantitative estimate of drug-likeness (QED) is 0.805. The van der Waals surface area contributed by atoms with Gasteiger partial charge >= 0.3 is 0 Å². The molecule has 0 atom stereocenters. The summed E-state index contributed by atoms with van der Waals surface area (Å²) in [5.74, 6) is 0. The van der Waals surface area contributed by atoms with Gasteiger partial charge in [0, 0.05) is 11.7 Å². The normalized spacial score (nSPS) is 26.9. The second-order valence-corrected chi connectivity index (χ2v) is 4.67. The van der Waals surface area contributed by atoms with E-state index in [1.807, 2.05) is 0 Å². The van der Waals surface area contributed by atoms with Crippen molar-refractivity contribution in [2.75, 3.05) is 7.05 Å². The van der Waals surface area contributed by atoms with Gasteiger partial charge in [0.1, 0.15) is 0 Å². The molecule has 3 heteroatoms. The van der Waals surface area contributed by atoms with Crippen LogP contribution in [0.25, 0.3) is 0 Å². The van der Waals surface area contributed by atoms with Crippen LogP contribution in [0.1, 0.15) is 43.1 Å². The van der Waals surface area contributed by atoms with Crippen LogP contribution in [-0.2, 0) is 0 Å². The van der Waals surface area contributed by atoms with Crippen LogP contribution in [0.2, 0.25) is 0 Å². The van der Waals surface area contributed by atoms with E-state index in [0.717, 1.165) is 11.7 Å². The summed E-state index contributed by atoms with van der Waals surface area (Å²) in [5.41, 5.74) is 2.45. The molecule has 1 aliphatic carbocycles. The van der Waals surface area contributed by atoms with Gasteiger partial charge in [0.15, 0.2) is 0 Å². The van der Waals surface area contributed by atoms with Crippen molar-refractivity contribution < 1.29 is 0 Å². The van der Waals surface area contributed by atoms with E-state index in [0.29, 0.717) is 6.04 Å². The smallest absolute Gasteiger partial charge is 0.0596 e.